The van der Waals surface area contributed by atoms with Crippen LogP contribution >= 0.6 is 0 Å². The molecule has 0 aromatic heterocycles. The van der Waals surface area contributed by atoms with Gasteiger partial charge in [0.1, 0.15) is 12.6 Å². The molecule has 1 aliphatic heterocycles. The SMILES string of the molecule is CCC(C)(C)CC(=O)NC1C(=O)COC1CCN(C)C. The van der Waals surface area contributed by atoms with E-state index >= 15 is 0 Å². The Hall–Kier alpha value is -0.940. The third-order valence-corrected chi connectivity index (χ3v) is 3.93. The van der Waals surface area contributed by atoms with E-state index in [1.807, 2.05) is 19.0 Å². The maximum Gasteiger partial charge on any atom is 0.221 e. The molecule has 1 rings (SSSR count). The normalized spacial score (nSPS) is 23.4. The molecule has 0 radical (unpaired) electrons. The summed E-state index contributed by atoms with van der Waals surface area (Å²) in [6.07, 6.45) is 1.92. The summed E-state index contributed by atoms with van der Waals surface area (Å²) in [5.41, 5.74) is -0.0360. The Morgan fingerprint density at radius 3 is 2.65 bits per heavy atom. The minimum Gasteiger partial charge on any atom is -0.368 e. The summed E-state index contributed by atoms with van der Waals surface area (Å²) in [6, 6.07) is -0.477. The molecule has 0 saturated carbocycles. The van der Waals surface area contributed by atoms with Gasteiger partial charge in [-0.3, -0.25) is 9.59 Å². The number of rotatable bonds is 7. The van der Waals surface area contributed by atoms with E-state index in [9.17, 15) is 9.59 Å². The van der Waals surface area contributed by atoms with Crippen LogP contribution in [0, 0.1) is 5.41 Å². The van der Waals surface area contributed by atoms with Gasteiger partial charge in [-0.05, 0) is 25.9 Å². The predicted octanol–water partition coefficient (Wildman–Crippen LogP) is 1.22. The van der Waals surface area contributed by atoms with Gasteiger partial charge in [0.25, 0.3) is 0 Å². The lowest BCUT2D eigenvalue weighted by molar-refractivity contribution is -0.127. The number of hydrogen-bond acceptors (Lipinski definition) is 4. The molecule has 1 saturated heterocycles. The Morgan fingerprint density at radius 2 is 2.10 bits per heavy atom. The standard InChI is InChI=1S/C15H28N2O3/c1-6-15(2,3)9-13(19)16-14-11(18)10-20-12(14)7-8-17(4)5/h12,14H,6-10H2,1-5H3,(H,16,19). The lowest BCUT2D eigenvalue weighted by atomic mass is 9.86. The summed E-state index contributed by atoms with van der Waals surface area (Å²) in [4.78, 5) is 26.0. The monoisotopic (exact) mass is 284 g/mol. The van der Waals surface area contributed by atoms with E-state index in [-0.39, 0.29) is 29.8 Å². The fourth-order valence-corrected chi connectivity index (χ4v) is 2.18. The van der Waals surface area contributed by atoms with Crippen LogP contribution in [0.25, 0.3) is 0 Å². The fraction of sp³-hybridized carbons (Fsp3) is 0.867. The van der Waals surface area contributed by atoms with E-state index in [2.05, 4.69) is 26.1 Å². The molecule has 20 heavy (non-hydrogen) atoms. The second-order valence-corrected chi connectivity index (χ2v) is 6.65. The zero-order valence-corrected chi connectivity index (χ0v) is 13.4. The molecule has 0 aromatic carbocycles. The van der Waals surface area contributed by atoms with Gasteiger partial charge in [0, 0.05) is 13.0 Å². The molecule has 1 fully saturated rings. The van der Waals surface area contributed by atoms with Crippen LogP contribution in [0.4, 0.5) is 0 Å². The van der Waals surface area contributed by atoms with Crippen molar-refractivity contribution in [3.8, 4) is 0 Å². The second kappa shape index (κ2) is 7.18. The van der Waals surface area contributed by atoms with Crippen molar-refractivity contribution in [2.45, 2.75) is 52.2 Å². The molecule has 116 valence electrons. The highest BCUT2D eigenvalue weighted by Crippen LogP contribution is 2.24. The third-order valence-electron chi connectivity index (χ3n) is 3.93. The highest BCUT2D eigenvalue weighted by Gasteiger charge is 2.37. The van der Waals surface area contributed by atoms with Gasteiger partial charge in [-0.15, -0.1) is 0 Å². The van der Waals surface area contributed by atoms with E-state index in [1.165, 1.54) is 0 Å². The topological polar surface area (TPSA) is 58.6 Å². The quantitative estimate of drug-likeness (QED) is 0.763. The van der Waals surface area contributed by atoms with Crippen LogP contribution in [-0.4, -0.2) is 56.0 Å². The average Bonchev–Trinajstić information content (AvgIpc) is 2.67. The van der Waals surface area contributed by atoms with Gasteiger partial charge >= 0.3 is 0 Å². The van der Waals surface area contributed by atoms with Crippen molar-refractivity contribution in [3.05, 3.63) is 0 Å². The maximum atomic E-state index is 12.1. The van der Waals surface area contributed by atoms with Gasteiger partial charge in [-0.25, -0.2) is 0 Å². The van der Waals surface area contributed by atoms with Crippen LogP contribution in [0.15, 0.2) is 0 Å². The Morgan fingerprint density at radius 1 is 1.45 bits per heavy atom. The largest absolute Gasteiger partial charge is 0.368 e. The first-order valence-corrected chi connectivity index (χ1v) is 7.33. The second-order valence-electron chi connectivity index (χ2n) is 6.65. The Bertz CT molecular complexity index is 353. The number of carbonyl (C=O) groups excluding carboxylic acids is 2. The molecule has 0 aromatic rings. The van der Waals surface area contributed by atoms with Crippen molar-refractivity contribution < 1.29 is 14.3 Å². The molecule has 1 N–H and O–H groups in total. The van der Waals surface area contributed by atoms with E-state index in [1.54, 1.807) is 0 Å². The molecule has 2 unspecified atom stereocenters. The summed E-state index contributed by atoms with van der Waals surface area (Å²) >= 11 is 0. The van der Waals surface area contributed by atoms with E-state index < -0.39 is 6.04 Å². The predicted molar refractivity (Wildman–Crippen MR) is 78.5 cm³/mol. The Labute approximate surface area is 122 Å². The van der Waals surface area contributed by atoms with Gasteiger partial charge in [0.15, 0.2) is 5.78 Å². The molecule has 1 heterocycles. The van der Waals surface area contributed by atoms with E-state index in [4.69, 9.17) is 4.74 Å². The lowest BCUT2D eigenvalue weighted by Gasteiger charge is -2.24. The van der Waals surface area contributed by atoms with Crippen molar-refractivity contribution in [1.29, 1.82) is 0 Å². The molecule has 0 aliphatic carbocycles. The van der Waals surface area contributed by atoms with Gasteiger partial charge in [-0.2, -0.15) is 0 Å². The molecule has 1 amide bonds. The summed E-state index contributed by atoms with van der Waals surface area (Å²) < 4.78 is 5.49. The van der Waals surface area contributed by atoms with Crippen molar-refractivity contribution >= 4 is 11.7 Å². The number of nitrogens with zero attached hydrogens (tertiary/aromatic N) is 1. The summed E-state index contributed by atoms with van der Waals surface area (Å²) in [6.45, 7) is 7.13. The third kappa shape index (κ3) is 5.21. The molecule has 5 heteroatoms. The van der Waals surface area contributed by atoms with Crippen LogP contribution in [0.2, 0.25) is 0 Å². The van der Waals surface area contributed by atoms with Gasteiger partial charge in [0.05, 0.1) is 6.10 Å². The van der Waals surface area contributed by atoms with Crippen LogP contribution < -0.4 is 5.32 Å². The summed E-state index contributed by atoms with van der Waals surface area (Å²) in [5.74, 6) is -0.0769. The molecule has 0 bridgehead atoms. The lowest BCUT2D eigenvalue weighted by Crippen LogP contribution is -2.46. The number of Topliss-reactive ketones (excluding diaryl/α,β-unsaturated/α-hetero) is 1. The van der Waals surface area contributed by atoms with Crippen molar-refractivity contribution in [3.63, 3.8) is 0 Å². The number of hydrogen-bond donors (Lipinski definition) is 1. The van der Waals surface area contributed by atoms with Crippen molar-refractivity contribution in [2.75, 3.05) is 27.2 Å². The molecule has 0 spiro atoms. The zero-order chi connectivity index (χ0) is 15.3. The van der Waals surface area contributed by atoms with E-state index in [0.29, 0.717) is 6.42 Å². The van der Waals surface area contributed by atoms with Crippen LogP contribution in [0.1, 0.15) is 40.0 Å². The van der Waals surface area contributed by atoms with E-state index in [0.717, 1.165) is 19.4 Å². The summed E-state index contributed by atoms with van der Waals surface area (Å²) in [7, 11) is 3.96. The summed E-state index contributed by atoms with van der Waals surface area (Å²) in [5, 5.41) is 2.86. The molecule has 1 aliphatic rings. The molecule has 2 atom stereocenters. The number of nitrogens with one attached hydrogen (secondary N) is 1. The van der Waals surface area contributed by atoms with Gasteiger partial charge in [-0.1, -0.05) is 27.2 Å². The zero-order valence-electron chi connectivity index (χ0n) is 13.4. The molecular weight excluding hydrogens is 256 g/mol. The number of ether oxygens (including phenoxy) is 1. The average molecular weight is 284 g/mol. The number of carbonyl (C=O) groups is 2. The van der Waals surface area contributed by atoms with Crippen LogP contribution in [0.5, 0.6) is 0 Å². The molecular formula is C15H28N2O3. The minimum atomic E-state index is -0.477. The first-order chi connectivity index (χ1) is 9.25. The molecule has 5 nitrogen and oxygen atoms in total. The van der Waals surface area contributed by atoms with Crippen molar-refractivity contribution in [1.82, 2.24) is 10.2 Å². The number of ketones is 1. The highest BCUT2D eigenvalue weighted by atomic mass is 16.5. The van der Waals surface area contributed by atoms with Crippen LogP contribution in [0.3, 0.4) is 0 Å². The Balaban J connectivity index is 2.54. The Kier molecular flexibility index (Phi) is 6.14. The maximum absolute atomic E-state index is 12.1. The first-order valence-electron chi connectivity index (χ1n) is 7.33. The van der Waals surface area contributed by atoms with Gasteiger partial charge < -0.3 is 15.0 Å². The van der Waals surface area contributed by atoms with Crippen molar-refractivity contribution in [2.24, 2.45) is 5.41 Å². The highest BCUT2D eigenvalue weighted by molar-refractivity contribution is 5.91. The smallest absolute Gasteiger partial charge is 0.221 e. The minimum absolute atomic E-state index is 0.0172. The van der Waals surface area contributed by atoms with Gasteiger partial charge in [0.2, 0.25) is 5.91 Å². The van der Waals surface area contributed by atoms with Crippen LogP contribution in [-0.2, 0) is 14.3 Å². The number of amides is 1. The first kappa shape index (κ1) is 17.1. The fourth-order valence-electron chi connectivity index (χ4n) is 2.18.